The number of allylic oxidation sites excluding steroid dienone is 1. The second-order valence-electron chi connectivity index (χ2n) is 3.97. The van der Waals surface area contributed by atoms with Crippen molar-refractivity contribution in [3.05, 3.63) is 11.6 Å². The van der Waals surface area contributed by atoms with Crippen molar-refractivity contribution in [1.29, 1.82) is 0 Å². The average molecular weight is 300 g/mol. The molecule has 0 spiro atoms. The molecule has 19 heavy (non-hydrogen) atoms. The van der Waals surface area contributed by atoms with Gasteiger partial charge in [-0.05, 0) is 35.0 Å². The zero-order chi connectivity index (χ0) is 16.1. The third kappa shape index (κ3) is 78.1. The van der Waals surface area contributed by atoms with Gasteiger partial charge in [-0.15, -0.1) is 0 Å². The summed E-state index contributed by atoms with van der Waals surface area (Å²) in [7, 11) is 1.33. The Morgan fingerprint density at radius 3 is 1.79 bits per heavy atom. The van der Waals surface area contributed by atoms with E-state index in [0.29, 0.717) is 13.2 Å². The lowest BCUT2D eigenvalue weighted by Crippen LogP contribution is -2.11. The predicted molar refractivity (Wildman–Crippen MR) is 73.2 cm³/mol. The molecule has 0 amide bonds. The number of hydrogen-bond donors (Lipinski definition) is 3. The predicted octanol–water partition coefficient (Wildman–Crippen LogP) is -0.0205. The molecule has 0 atom stereocenters. The number of rotatable bonds is 3. The molecule has 116 valence electrons. The first-order valence-electron chi connectivity index (χ1n) is 5.22. The Morgan fingerprint density at radius 1 is 1.26 bits per heavy atom. The van der Waals surface area contributed by atoms with Gasteiger partial charge in [-0.25, -0.2) is 4.79 Å². The van der Waals surface area contributed by atoms with Crippen LogP contribution in [0.25, 0.3) is 0 Å². The van der Waals surface area contributed by atoms with Gasteiger partial charge in [0.25, 0.3) is 0 Å². The van der Waals surface area contributed by atoms with E-state index in [2.05, 4.69) is 4.74 Å². The van der Waals surface area contributed by atoms with E-state index in [0.717, 1.165) is 5.57 Å². The Kier molecular flexibility index (Phi) is 16.3. The van der Waals surface area contributed by atoms with Crippen molar-refractivity contribution in [1.82, 2.24) is 4.90 Å². The van der Waals surface area contributed by atoms with Crippen LogP contribution in [0.5, 0.6) is 0 Å². The van der Waals surface area contributed by atoms with Crippen LogP contribution < -0.4 is 5.73 Å². The number of carbonyl (C=O) groups is 1. The summed E-state index contributed by atoms with van der Waals surface area (Å²) in [5.74, 6) is -0.314. The minimum atomic E-state index is -4.67. The van der Waals surface area contributed by atoms with Crippen LogP contribution in [0, 0.1) is 0 Å². The summed E-state index contributed by atoms with van der Waals surface area (Å²) in [6.07, 6.45) is 1.44. The Balaban J connectivity index is -0.000000238. The first-order chi connectivity index (χ1) is 8.40. The minimum Gasteiger partial charge on any atom is -0.461 e. The number of carbonyl (C=O) groups excluding carboxylic acids is 1. The molecule has 0 aromatic carbocycles. The summed E-state index contributed by atoms with van der Waals surface area (Å²) in [4.78, 5) is 12.7. The van der Waals surface area contributed by atoms with Crippen LogP contribution >= 0.6 is 0 Å². The van der Waals surface area contributed by atoms with E-state index in [1.807, 2.05) is 39.9 Å². The van der Waals surface area contributed by atoms with E-state index in [4.69, 9.17) is 23.3 Å². The van der Waals surface area contributed by atoms with E-state index < -0.39 is 10.4 Å². The molecule has 0 aliphatic heterocycles. The number of nitrogens with zero attached hydrogens (tertiary/aromatic N) is 1. The zero-order valence-electron chi connectivity index (χ0n) is 12.0. The van der Waals surface area contributed by atoms with Gasteiger partial charge in [-0.2, -0.15) is 8.42 Å². The minimum absolute atomic E-state index is 0.294. The maximum absolute atomic E-state index is 10.7. The molecule has 0 unspecified atom stereocenters. The number of esters is 1. The molecule has 0 saturated heterocycles. The van der Waals surface area contributed by atoms with Crippen LogP contribution in [0.3, 0.4) is 0 Å². The highest BCUT2D eigenvalue weighted by atomic mass is 32.3. The summed E-state index contributed by atoms with van der Waals surface area (Å²) in [5.41, 5.74) is 6.04. The first-order valence-corrected chi connectivity index (χ1v) is 6.62. The van der Waals surface area contributed by atoms with Crippen molar-refractivity contribution in [2.75, 3.05) is 34.3 Å². The third-order valence-corrected chi connectivity index (χ3v) is 0.769. The van der Waals surface area contributed by atoms with Crippen molar-refractivity contribution >= 4 is 16.4 Å². The molecule has 0 heterocycles. The average Bonchev–Trinajstić information content (AvgIpc) is 2.09. The lowest BCUT2D eigenvalue weighted by atomic mass is 10.3. The van der Waals surface area contributed by atoms with E-state index in [1.54, 1.807) is 0 Å². The van der Waals surface area contributed by atoms with Gasteiger partial charge in [0.15, 0.2) is 0 Å². The molecule has 0 aliphatic rings. The van der Waals surface area contributed by atoms with Gasteiger partial charge in [0.1, 0.15) is 6.61 Å². The van der Waals surface area contributed by atoms with E-state index in [1.165, 1.54) is 6.08 Å². The number of ether oxygens (including phenoxy) is 1. The topological polar surface area (TPSA) is 130 Å². The lowest BCUT2D eigenvalue weighted by Gasteiger charge is -1.97. The van der Waals surface area contributed by atoms with E-state index in [9.17, 15) is 4.79 Å². The summed E-state index contributed by atoms with van der Waals surface area (Å²) in [5, 5.41) is 0. The van der Waals surface area contributed by atoms with Crippen molar-refractivity contribution in [3.8, 4) is 0 Å². The third-order valence-electron chi connectivity index (χ3n) is 0.769. The SMILES string of the molecule is CC(C)=CC(=O)OCCN.CN(C)C.O=S(=O)(O)O. The summed E-state index contributed by atoms with van der Waals surface area (Å²) in [6.45, 7) is 4.35. The molecular weight excluding hydrogens is 276 g/mol. The highest BCUT2D eigenvalue weighted by Crippen LogP contribution is 1.89. The Hall–Kier alpha value is -1.00. The zero-order valence-corrected chi connectivity index (χ0v) is 12.8. The second-order valence-corrected chi connectivity index (χ2v) is 4.86. The summed E-state index contributed by atoms with van der Waals surface area (Å²) >= 11 is 0. The van der Waals surface area contributed by atoms with E-state index in [-0.39, 0.29) is 5.97 Å². The van der Waals surface area contributed by atoms with E-state index >= 15 is 0 Å². The van der Waals surface area contributed by atoms with Gasteiger partial charge in [0, 0.05) is 12.6 Å². The molecule has 0 aromatic heterocycles. The molecule has 0 aromatic rings. The molecule has 0 radical (unpaired) electrons. The Labute approximate surface area is 114 Å². The van der Waals surface area contributed by atoms with Crippen LogP contribution in [0.15, 0.2) is 11.6 Å². The molecule has 0 bridgehead atoms. The lowest BCUT2D eigenvalue weighted by molar-refractivity contribution is -0.137. The highest BCUT2D eigenvalue weighted by molar-refractivity contribution is 7.79. The molecule has 0 rings (SSSR count). The van der Waals surface area contributed by atoms with Gasteiger partial charge < -0.3 is 15.4 Å². The van der Waals surface area contributed by atoms with Crippen molar-refractivity contribution < 1.29 is 27.1 Å². The van der Waals surface area contributed by atoms with Crippen LogP contribution in [-0.4, -0.2) is 62.7 Å². The van der Waals surface area contributed by atoms with Gasteiger partial charge in [0.05, 0.1) is 0 Å². The molecule has 0 saturated carbocycles. The molecular formula is C10H24N2O6S. The summed E-state index contributed by atoms with van der Waals surface area (Å²) in [6, 6.07) is 0. The smallest absolute Gasteiger partial charge is 0.394 e. The molecule has 8 nitrogen and oxygen atoms in total. The van der Waals surface area contributed by atoms with Crippen molar-refractivity contribution in [2.24, 2.45) is 5.73 Å². The van der Waals surface area contributed by atoms with Gasteiger partial charge in [-0.1, -0.05) is 5.57 Å². The standard InChI is InChI=1S/C7H13NO2.C3H9N.H2O4S/c1-6(2)5-7(9)10-4-3-8;1-4(2)3;1-5(2,3)4/h5H,3-4,8H2,1-2H3;1-3H3;(H2,1,2,3,4). The highest BCUT2D eigenvalue weighted by Gasteiger charge is 1.94. The van der Waals surface area contributed by atoms with Crippen molar-refractivity contribution in [2.45, 2.75) is 13.8 Å². The Bertz CT molecular complexity index is 336. The van der Waals surface area contributed by atoms with Gasteiger partial charge in [-0.3, -0.25) is 9.11 Å². The summed E-state index contributed by atoms with van der Waals surface area (Å²) < 4.78 is 36.2. The normalized spacial score (nSPS) is 9.53. The fourth-order valence-electron chi connectivity index (χ4n) is 0.437. The van der Waals surface area contributed by atoms with Crippen LogP contribution in [-0.2, 0) is 19.9 Å². The monoisotopic (exact) mass is 300 g/mol. The fourth-order valence-corrected chi connectivity index (χ4v) is 0.437. The van der Waals surface area contributed by atoms with Crippen LogP contribution in [0.2, 0.25) is 0 Å². The first kappa shape index (κ1) is 23.1. The van der Waals surface area contributed by atoms with Gasteiger partial charge >= 0.3 is 16.4 Å². The molecule has 0 aliphatic carbocycles. The van der Waals surface area contributed by atoms with Crippen LogP contribution in [0.1, 0.15) is 13.8 Å². The molecule has 0 fully saturated rings. The van der Waals surface area contributed by atoms with Crippen molar-refractivity contribution in [3.63, 3.8) is 0 Å². The fraction of sp³-hybridized carbons (Fsp3) is 0.700. The Morgan fingerprint density at radius 2 is 1.58 bits per heavy atom. The van der Waals surface area contributed by atoms with Gasteiger partial charge in [0.2, 0.25) is 0 Å². The second kappa shape index (κ2) is 13.4. The maximum Gasteiger partial charge on any atom is 0.394 e. The maximum atomic E-state index is 10.7. The number of nitrogens with two attached hydrogens (primary N) is 1. The number of hydrogen-bond acceptors (Lipinski definition) is 6. The molecule has 4 N–H and O–H groups in total. The van der Waals surface area contributed by atoms with Crippen LogP contribution in [0.4, 0.5) is 0 Å². The molecule has 9 heteroatoms. The largest absolute Gasteiger partial charge is 0.461 e. The quantitative estimate of drug-likeness (QED) is 0.376.